The van der Waals surface area contributed by atoms with E-state index in [1.165, 1.54) is 7.11 Å². The molecule has 7 nitrogen and oxygen atoms in total. The van der Waals surface area contributed by atoms with Gasteiger partial charge in [-0.1, -0.05) is 51.1 Å². The van der Waals surface area contributed by atoms with Crippen molar-refractivity contribution >= 4 is 12.1 Å². The highest BCUT2D eigenvalue weighted by atomic mass is 16.8. The number of esters is 1. The van der Waals surface area contributed by atoms with Gasteiger partial charge in [-0.2, -0.15) is 5.06 Å². The summed E-state index contributed by atoms with van der Waals surface area (Å²) < 4.78 is 9.96. The molecule has 7 heteroatoms. The van der Waals surface area contributed by atoms with E-state index in [0.717, 1.165) is 24.9 Å². The summed E-state index contributed by atoms with van der Waals surface area (Å²) in [7, 11) is 1.31. The van der Waals surface area contributed by atoms with Crippen LogP contribution in [-0.2, 0) is 25.7 Å². The zero-order valence-corrected chi connectivity index (χ0v) is 16.6. The van der Waals surface area contributed by atoms with Crippen molar-refractivity contribution in [2.24, 2.45) is 5.41 Å². The molecule has 1 aromatic carbocycles. The molecule has 1 fully saturated rings. The number of methoxy groups -OCH3 is 1. The third-order valence-electron chi connectivity index (χ3n) is 4.30. The van der Waals surface area contributed by atoms with Crippen molar-refractivity contribution in [3.63, 3.8) is 0 Å². The maximum atomic E-state index is 12.0. The van der Waals surface area contributed by atoms with Gasteiger partial charge in [0.15, 0.2) is 6.23 Å². The second-order valence-corrected chi connectivity index (χ2v) is 7.74. The summed E-state index contributed by atoms with van der Waals surface area (Å²) in [5.74, 6) is -0.470. The number of rotatable bonds is 9. The number of unbranched alkanes of at least 4 members (excludes halogenated alkanes) is 1. The Morgan fingerprint density at radius 2 is 1.93 bits per heavy atom. The Morgan fingerprint density at radius 3 is 2.52 bits per heavy atom. The SMILES string of the molecule is COC(=O)[C@H](CCCCN1OC1C(C)(C)C)NC(=O)OCc1ccccc1. The van der Waals surface area contributed by atoms with Gasteiger partial charge in [0.05, 0.1) is 7.11 Å². The van der Waals surface area contributed by atoms with E-state index in [4.69, 9.17) is 14.3 Å². The minimum atomic E-state index is -0.716. The highest BCUT2D eigenvalue weighted by Crippen LogP contribution is 2.36. The quantitative estimate of drug-likeness (QED) is 0.404. The lowest BCUT2D eigenvalue weighted by molar-refractivity contribution is -0.143. The van der Waals surface area contributed by atoms with Crippen molar-refractivity contribution in [2.45, 2.75) is 58.9 Å². The van der Waals surface area contributed by atoms with Gasteiger partial charge < -0.3 is 14.8 Å². The third kappa shape index (κ3) is 7.19. The molecule has 150 valence electrons. The number of benzene rings is 1. The molecule has 2 rings (SSSR count). The maximum absolute atomic E-state index is 12.0. The second kappa shape index (κ2) is 9.71. The molecule has 0 bridgehead atoms. The van der Waals surface area contributed by atoms with Crippen LogP contribution in [0.4, 0.5) is 4.79 Å². The molecule has 27 heavy (non-hydrogen) atoms. The fraction of sp³-hybridized carbons (Fsp3) is 0.600. The Morgan fingerprint density at radius 1 is 1.22 bits per heavy atom. The zero-order chi connectivity index (χ0) is 19.9. The van der Waals surface area contributed by atoms with Gasteiger partial charge in [0, 0.05) is 12.0 Å². The zero-order valence-electron chi connectivity index (χ0n) is 16.6. The number of hydrogen-bond donors (Lipinski definition) is 1. The third-order valence-corrected chi connectivity index (χ3v) is 4.30. The Hall–Kier alpha value is -2.12. The van der Waals surface area contributed by atoms with Crippen LogP contribution >= 0.6 is 0 Å². The number of nitrogens with one attached hydrogen (secondary N) is 1. The van der Waals surface area contributed by atoms with Crippen LogP contribution in [0.25, 0.3) is 0 Å². The van der Waals surface area contributed by atoms with Gasteiger partial charge in [-0.3, -0.25) is 4.84 Å². The van der Waals surface area contributed by atoms with Crippen LogP contribution in [-0.4, -0.2) is 43.1 Å². The number of carbonyl (C=O) groups is 2. The first kappa shape index (κ1) is 21.2. The molecule has 3 atom stereocenters. The lowest BCUT2D eigenvalue weighted by Gasteiger charge is -2.16. The van der Waals surface area contributed by atoms with Gasteiger partial charge in [0.25, 0.3) is 0 Å². The summed E-state index contributed by atoms with van der Waals surface area (Å²) in [6.07, 6.45) is 1.63. The predicted octanol–water partition coefficient (Wildman–Crippen LogP) is 3.24. The summed E-state index contributed by atoms with van der Waals surface area (Å²) in [6, 6.07) is 8.65. The molecule has 1 N–H and O–H groups in total. The number of nitrogens with zero attached hydrogens (tertiary/aromatic N) is 1. The van der Waals surface area contributed by atoms with Gasteiger partial charge in [-0.05, 0) is 24.8 Å². The molecule has 2 unspecified atom stereocenters. The van der Waals surface area contributed by atoms with E-state index in [-0.39, 0.29) is 18.2 Å². The highest BCUT2D eigenvalue weighted by Gasteiger charge is 2.45. The molecular formula is C20H30N2O5. The van der Waals surface area contributed by atoms with Crippen LogP contribution in [0.5, 0.6) is 0 Å². The molecule has 1 aliphatic rings. The molecule has 1 amide bonds. The molecule has 0 saturated carbocycles. The molecule has 0 radical (unpaired) electrons. The van der Waals surface area contributed by atoms with Gasteiger partial charge in [0.2, 0.25) is 0 Å². The number of ether oxygens (including phenoxy) is 2. The fourth-order valence-corrected chi connectivity index (χ4v) is 2.78. The number of amides is 1. The molecule has 1 saturated heterocycles. The van der Waals surface area contributed by atoms with Crippen LogP contribution in [0, 0.1) is 5.41 Å². The lowest BCUT2D eigenvalue weighted by atomic mass is 9.95. The molecule has 1 aromatic rings. The lowest BCUT2D eigenvalue weighted by Crippen LogP contribution is -2.41. The van der Waals surface area contributed by atoms with Crippen LogP contribution in [0.1, 0.15) is 45.6 Å². The standard InChI is InChI=1S/C20H30N2O5/c1-20(2,3)18-22(27-18)13-9-8-12-16(17(23)25-4)21-19(24)26-14-15-10-6-5-7-11-15/h5-7,10-11,16,18H,8-9,12-14H2,1-4H3,(H,21,24)/t16-,18?,22?/m0/s1. The Bertz CT molecular complexity index is 615. The topological polar surface area (TPSA) is 80.2 Å². The number of hydroxylamine groups is 2. The monoisotopic (exact) mass is 378 g/mol. The Labute approximate surface area is 160 Å². The molecular weight excluding hydrogens is 348 g/mol. The summed E-state index contributed by atoms with van der Waals surface area (Å²) >= 11 is 0. The average Bonchev–Trinajstić information content (AvgIpc) is 3.43. The maximum Gasteiger partial charge on any atom is 0.408 e. The minimum absolute atomic E-state index is 0.0959. The largest absolute Gasteiger partial charge is 0.467 e. The molecule has 0 aliphatic carbocycles. The molecule has 1 aliphatic heterocycles. The first-order chi connectivity index (χ1) is 12.8. The fourth-order valence-electron chi connectivity index (χ4n) is 2.78. The minimum Gasteiger partial charge on any atom is -0.467 e. The molecule has 0 aromatic heterocycles. The van der Waals surface area contributed by atoms with Crippen molar-refractivity contribution in [3.05, 3.63) is 35.9 Å². The first-order valence-electron chi connectivity index (χ1n) is 9.29. The van der Waals surface area contributed by atoms with Gasteiger partial charge >= 0.3 is 12.1 Å². The van der Waals surface area contributed by atoms with Gasteiger partial charge in [0.1, 0.15) is 12.6 Å². The van der Waals surface area contributed by atoms with Crippen molar-refractivity contribution in [1.29, 1.82) is 0 Å². The highest BCUT2D eigenvalue weighted by molar-refractivity contribution is 5.81. The van der Waals surface area contributed by atoms with Gasteiger partial charge in [-0.15, -0.1) is 0 Å². The first-order valence-corrected chi connectivity index (χ1v) is 9.29. The normalized spacial score (nSPS) is 19.9. The molecule has 0 spiro atoms. The van der Waals surface area contributed by atoms with Crippen LogP contribution in [0.3, 0.4) is 0 Å². The van der Waals surface area contributed by atoms with Crippen molar-refractivity contribution in [2.75, 3.05) is 13.7 Å². The number of carbonyl (C=O) groups excluding carboxylic acids is 2. The van der Waals surface area contributed by atoms with Crippen LogP contribution in [0.2, 0.25) is 0 Å². The summed E-state index contributed by atoms with van der Waals surface area (Å²) in [5, 5.41) is 4.55. The number of alkyl carbamates (subject to hydrolysis) is 1. The van der Waals surface area contributed by atoms with Crippen molar-refractivity contribution in [3.8, 4) is 0 Å². The second-order valence-electron chi connectivity index (χ2n) is 7.74. The van der Waals surface area contributed by atoms with Crippen molar-refractivity contribution < 1.29 is 23.9 Å². The van der Waals surface area contributed by atoms with Gasteiger partial charge in [-0.25, -0.2) is 9.59 Å². The Balaban J connectivity index is 1.69. The Kier molecular flexibility index (Phi) is 7.62. The number of hydrogen-bond acceptors (Lipinski definition) is 6. The smallest absolute Gasteiger partial charge is 0.408 e. The van der Waals surface area contributed by atoms with E-state index in [1.807, 2.05) is 35.4 Å². The van der Waals surface area contributed by atoms with E-state index >= 15 is 0 Å². The van der Waals surface area contributed by atoms with Crippen molar-refractivity contribution in [1.82, 2.24) is 10.4 Å². The van der Waals surface area contributed by atoms with E-state index in [9.17, 15) is 9.59 Å². The van der Waals surface area contributed by atoms with Crippen LogP contribution in [0.15, 0.2) is 30.3 Å². The van der Waals surface area contributed by atoms with E-state index in [2.05, 4.69) is 26.1 Å². The predicted molar refractivity (Wildman–Crippen MR) is 100 cm³/mol. The van der Waals surface area contributed by atoms with Crippen LogP contribution < -0.4 is 5.32 Å². The van der Waals surface area contributed by atoms with E-state index in [0.29, 0.717) is 6.42 Å². The summed E-state index contributed by atoms with van der Waals surface area (Å²) in [5.41, 5.74) is 0.979. The van der Waals surface area contributed by atoms with E-state index < -0.39 is 18.1 Å². The average molecular weight is 378 g/mol. The summed E-state index contributed by atoms with van der Waals surface area (Å²) in [4.78, 5) is 29.4. The van der Waals surface area contributed by atoms with E-state index in [1.54, 1.807) is 0 Å². The molecule has 1 heterocycles. The summed E-state index contributed by atoms with van der Waals surface area (Å²) in [6.45, 7) is 7.36.